The average Bonchev–Trinajstić information content (AvgIpc) is 3.02. The van der Waals surface area contributed by atoms with Gasteiger partial charge in [0.2, 0.25) is 0 Å². The minimum absolute atomic E-state index is 0.628. The van der Waals surface area contributed by atoms with Crippen LogP contribution in [0.5, 0.6) is 0 Å². The zero-order valence-electron chi connectivity index (χ0n) is 13.7. The standard InChI is InChI=1S/C21H21N3/c22-13-17-5-1-2-6-18(17)14-24-15-20(16-9-11-23-12-10-16)19-7-3-4-8-21(19)24/h1-8,15-16,23H,9-12,14H2. The second-order valence-corrected chi connectivity index (χ2v) is 6.52. The summed E-state index contributed by atoms with van der Waals surface area (Å²) >= 11 is 0. The number of nitrogens with one attached hydrogen (secondary N) is 1. The number of hydrogen-bond donors (Lipinski definition) is 1. The zero-order chi connectivity index (χ0) is 16.4. The Morgan fingerprint density at radius 2 is 1.79 bits per heavy atom. The highest BCUT2D eigenvalue weighted by molar-refractivity contribution is 5.84. The summed E-state index contributed by atoms with van der Waals surface area (Å²) in [7, 11) is 0. The number of nitriles is 1. The van der Waals surface area contributed by atoms with Gasteiger partial charge >= 0.3 is 0 Å². The number of benzene rings is 2. The van der Waals surface area contributed by atoms with Crippen molar-refractivity contribution in [1.29, 1.82) is 5.26 Å². The molecule has 0 aliphatic carbocycles. The maximum atomic E-state index is 9.35. The SMILES string of the molecule is N#Cc1ccccc1Cn1cc(C2CCNCC2)c2ccccc21. The number of piperidine rings is 1. The summed E-state index contributed by atoms with van der Waals surface area (Å²) in [6.07, 6.45) is 4.71. The summed E-state index contributed by atoms with van der Waals surface area (Å²) < 4.78 is 2.31. The van der Waals surface area contributed by atoms with Crippen molar-refractivity contribution in [1.82, 2.24) is 9.88 Å². The van der Waals surface area contributed by atoms with Crippen LogP contribution in [0.25, 0.3) is 10.9 Å². The Morgan fingerprint density at radius 3 is 2.62 bits per heavy atom. The van der Waals surface area contributed by atoms with E-state index in [1.54, 1.807) is 0 Å². The molecule has 1 aliphatic rings. The molecule has 2 heterocycles. The summed E-state index contributed by atoms with van der Waals surface area (Å²) in [5.74, 6) is 0.628. The normalized spacial score (nSPS) is 15.5. The zero-order valence-corrected chi connectivity index (χ0v) is 13.7. The van der Waals surface area contributed by atoms with Crippen LogP contribution in [-0.2, 0) is 6.54 Å². The molecule has 1 N–H and O–H groups in total. The van der Waals surface area contributed by atoms with Gasteiger partial charge in [0.25, 0.3) is 0 Å². The van der Waals surface area contributed by atoms with Crippen molar-refractivity contribution in [3.63, 3.8) is 0 Å². The third kappa shape index (κ3) is 2.70. The van der Waals surface area contributed by atoms with Crippen molar-refractivity contribution < 1.29 is 0 Å². The molecule has 0 radical (unpaired) electrons. The van der Waals surface area contributed by atoms with Crippen molar-refractivity contribution in [2.75, 3.05) is 13.1 Å². The molecular formula is C21H21N3. The molecule has 1 aromatic heterocycles. The van der Waals surface area contributed by atoms with Gasteiger partial charge in [0.05, 0.1) is 11.6 Å². The molecule has 24 heavy (non-hydrogen) atoms. The molecule has 0 saturated carbocycles. The first-order chi connectivity index (χ1) is 11.9. The van der Waals surface area contributed by atoms with Gasteiger partial charge in [0, 0.05) is 23.6 Å². The first-order valence-electron chi connectivity index (χ1n) is 8.63. The van der Waals surface area contributed by atoms with Gasteiger partial charge in [0.1, 0.15) is 0 Å². The van der Waals surface area contributed by atoms with E-state index in [0.717, 1.165) is 30.8 Å². The molecule has 4 rings (SSSR count). The molecule has 3 heteroatoms. The Hall–Kier alpha value is -2.57. The molecule has 0 amide bonds. The van der Waals surface area contributed by atoms with Crippen molar-refractivity contribution in [2.24, 2.45) is 0 Å². The van der Waals surface area contributed by atoms with Gasteiger partial charge in [-0.2, -0.15) is 5.26 Å². The van der Waals surface area contributed by atoms with Crippen LogP contribution in [-0.4, -0.2) is 17.7 Å². The van der Waals surface area contributed by atoms with Crippen LogP contribution in [0, 0.1) is 11.3 Å². The molecule has 1 fully saturated rings. The van der Waals surface area contributed by atoms with E-state index in [0.29, 0.717) is 5.92 Å². The van der Waals surface area contributed by atoms with Gasteiger partial charge in [-0.1, -0.05) is 36.4 Å². The smallest absolute Gasteiger partial charge is 0.0995 e. The molecule has 0 unspecified atom stereocenters. The number of nitrogens with zero attached hydrogens (tertiary/aromatic N) is 2. The lowest BCUT2D eigenvalue weighted by Gasteiger charge is -2.22. The van der Waals surface area contributed by atoms with Gasteiger partial charge in [-0.05, 0) is 55.1 Å². The quantitative estimate of drug-likeness (QED) is 0.793. The first kappa shape index (κ1) is 15.0. The van der Waals surface area contributed by atoms with E-state index < -0.39 is 0 Å². The summed E-state index contributed by atoms with van der Waals surface area (Å²) in [5, 5.41) is 14.2. The Kier molecular flexibility index (Phi) is 4.06. The number of fused-ring (bicyclic) bond motifs is 1. The van der Waals surface area contributed by atoms with Crippen LogP contribution in [0.3, 0.4) is 0 Å². The molecule has 3 aromatic rings. The fraction of sp³-hybridized carbons (Fsp3) is 0.286. The summed E-state index contributed by atoms with van der Waals surface area (Å²) in [4.78, 5) is 0. The van der Waals surface area contributed by atoms with Gasteiger partial charge < -0.3 is 9.88 Å². The Labute approximate surface area is 142 Å². The van der Waals surface area contributed by atoms with Gasteiger partial charge in [-0.25, -0.2) is 0 Å². The molecule has 3 nitrogen and oxygen atoms in total. The molecule has 1 aliphatic heterocycles. The molecule has 0 spiro atoms. The van der Waals surface area contributed by atoms with E-state index in [2.05, 4.69) is 52.5 Å². The van der Waals surface area contributed by atoms with Gasteiger partial charge in [-0.3, -0.25) is 0 Å². The van der Waals surface area contributed by atoms with E-state index in [1.807, 2.05) is 18.2 Å². The Balaban J connectivity index is 1.77. The highest BCUT2D eigenvalue weighted by Gasteiger charge is 2.20. The Bertz CT molecular complexity index is 895. The third-order valence-corrected chi connectivity index (χ3v) is 5.08. The minimum atomic E-state index is 0.628. The fourth-order valence-electron chi connectivity index (χ4n) is 3.82. The first-order valence-corrected chi connectivity index (χ1v) is 8.63. The number of hydrogen-bond acceptors (Lipinski definition) is 2. The van der Waals surface area contributed by atoms with Crippen molar-refractivity contribution in [3.8, 4) is 6.07 Å². The Morgan fingerprint density at radius 1 is 1.04 bits per heavy atom. The number of para-hydroxylation sites is 1. The lowest BCUT2D eigenvalue weighted by molar-refractivity contribution is 0.461. The van der Waals surface area contributed by atoms with E-state index in [4.69, 9.17) is 0 Å². The van der Waals surface area contributed by atoms with Crippen molar-refractivity contribution in [2.45, 2.75) is 25.3 Å². The predicted octanol–water partition coefficient (Wildman–Crippen LogP) is 4.03. The molecule has 2 aromatic carbocycles. The maximum Gasteiger partial charge on any atom is 0.0995 e. The third-order valence-electron chi connectivity index (χ3n) is 5.08. The lowest BCUT2D eigenvalue weighted by atomic mass is 9.90. The van der Waals surface area contributed by atoms with Crippen LogP contribution in [0.2, 0.25) is 0 Å². The van der Waals surface area contributed by atoms with Crippen LogP contribution < -0.4 is 5.32 Å². The highest BCUT2D eigenvalue weighted by Crippen LogP contribution is 2.33. The number of aromatic nitrogens is 1. The molecule has 0 bridgehead atoms. The average molecular weight is 315 g/mol. The van der Waals surface area contributed by atoms with E-state index in [-0.39, 0.29) is 0 Å². The van der Waals surface area contributed by atoms with Crippen LogP contribution in [0.1, 0.15) is 35.4 Å². The second kappa shape index (κ2) is 6.51. The van der Waals surface area contributed by atoms with Crippen molar-refractivity contribution >= 4 is 10.9 Å². The van der Waals surface area contributed by atoms with Crippen LogP contribution >= 0.6 is 0 Å². The lowest BCUT2D eigenvalue weighted by Crippen LogP contribution is -2.26. The summed E-state index contributed by atoms with van der Waals surface area (Å²) in [5.41, 5.74) is 4.57. The van der Waals surface area contributed by atoms with E-state index >= 15 is 0 Å². The molecular weight excluding hydrogens is 294 g/mol. The maximum absolute atomic E-state index is 9.35. The minimum Gasteiger partial charge on any atom is -0.343 e. The van der Waals surface area contributed by atoms with Crippen molar-refractivity contribution in [3.05, 3.63) is 71.4 Å². The summed E-state index contributed by atoms with van der Waals surface area (Å²) in [6, 6.07) is 18.8. The molecule has 1 saturated heterocycles. The van der Waals surface area contributed by atoms with E-state index in [1.165, 1.54) is 29.3 Å². The van der Waals surface area contributed by atoms with Crippen LogP contribution in [0.4, 0.5) is 0 Å². The molecule has 0 atom stereocenters. The number of rotatable bonds is 3. The van der Waals surface area contributed by atoms with E-state index in [9.17, 15) is 5.26 Å². The second-order valence-electron chi connectivity index (χ2n) is 6.52. The summed E-state index contributed by atoms with van der Waals surface area (Å²) in [6.45, 7) is 2.94. The van der Waals surface area contributed by atoms with Gasteiger partial charge in [-0.15, -0.1) is 0 Å². The van der Waals surface area contributed by atoms with Crippen LogP contribution in [0.15, 0.2) is 54.7 Å². The topological polar surface area (TPSA) is 40.8 Å². The fourth-order valence-corrected chi connectivity index (χ4v) is 3.82. The highest BCUT2D eigenvalue weighted by atomic mass is 15.0. The van der Waals surface area contributed by atoms with Gasteiger partial charge in [0.15, 0.2) is 0 Å². The largest absolute Gasteiger partial charge is 0.343 e. The molecule has 120 valence electrons. The predicted molar refractivity (Wildman–Crippen MR) is 97.0 cm³/mol. The monoisotopic (exact) mass is 315 g/mol.